The summed E-state index contributed by atoms with van der Waals surface area (Å²) >= 11 is 0. The third kappa shape index (κ3) is 2.07. The van der Waals surface area contributed by atoms with E-state index in [1.165, 1.54) is 6.20 Å². The van der Waals surface area contributed by atoms with Crippen LogP contribution in [0.4, 0.5) is 13.2 Å². The van der Waals surface area contributed by atoms with E-state index in [1.54, 1.807) is 12.3 Å². The van der Waals surface area contributed by atoms with E-state index in [1.807, 2.05) is 0 Å². The molecule has 96 valence electrons. The van der Waals surface area contributed by atoms with Crippen molar-refractivity contribution >= 4 is 10.9 Å². The summed E-state index contributed by atoms with van der Waals surface area (Å²) in [4.78, 5) is 4.29. The van der Waals surface area contributed by atoms with Gasteiger partial charge in [0.15, 0.2) is 0 Å². The Morgan fingerprint density at radius 2 is 2.11 bits per heavy atom. The van der Waals surface area contributed by atoms with Gasteiger partial charge >= 0.3 is 6.18 Å². The standard InChI is InChI=1S/C12H12F3N3/c1-7-2-9(7)10-3-11-8(4-16-10)5-17-18(11)6-12(13,14)15/h3-5,7,9H,2,6H2,1H3/t7-,9-/m0/s1. The normalized spacial score (nSPS) is 23.6. The summed E-state index contributed by atoms with van der Waals surface area (Å²) in [5, 5.41) is 4.43. The Bertz CT molecular complexity index is 588. The number of pyridine rings is 1. The van der Waals surface area contributed by atoms with Crippen molar-refractivity contribution in [3.8, 4) is 0 Å². The van der Waals surface area contributed by atoms with E-state index in [4.69, 9.17) is 0 Å². The van der Waals surface area contributed by atoms with E-state index in [9.17, 15) is 13.2 Å². The second-order valence-corrected chi connectivity index (χ2v) is 4.90. The number of hydrogen-bond donors (Lipinski definition) is 0. The lowest BCUT2D eigenvalue weighted by Gasteiger charge is -2.07. The van der Waals surface area contributed by atoms with Gasteiger partial charge in [-0.3, -0.25) is 9.67 Å². The minimum Gasteiger partial charge on any atom is -0.260 e. The molecule has 0 bridgehead atoms. The average molecular weight is 255 g/mol. The smallest absolute Gasteiger partial charge is 0.260 e. The molecule has 1 aliphatic rings. The molecule has 2 aromatic heterocycles. The first-order valence-corrected chi connectivity index (χ1v) is 5.82. The molecule has 2 heterocycles. The number of aromatic nitrogens is 3. The molecule has 0 N–H and O–H groups in total. The maximum atomic E-state index is 12.4. The number of fused-ring (bicyclic) bond motifs is 1. The first kappa shape index (κ1) is 11.5. The molecule has 0 aliphatic heterocycles. The lowest BCUT2D eigenvalue weighted by Crippen LogP contribution is -2.18. The Morgan fingerprint density at radius 3 is 2.72 bits per heavy atom. The molecule has 1 aliphatic carbocycles. The van der Waals surface area contributed by atoms with Crippen molar-refractivity contribution in [1.82, 2.24) is 14.8 Å². The van der Waals surface area contributed by atoms with Gasteiger partial charge in [-0.05, 0) is 18.4 Å². The van der Waals surface area contributed by atoms with Crippen molar-refractivity contribution in [1.29, 1.82) is 0 Å². The highest BCUT2D eigenvalue weighted by molar-refractivity contribution is 5.78. The van der Waals surface area contributed by atoms with Gasteiger partial charge in [0, 0.05) is 23.2 Å². The maximum Gasteiger partial charge on any atom is 0.408 e. The average Bonchev–Trinajstić information content (AvgIpc) is 2.88. The quantitative estimate of drug-likeness (QED) is 0.825. The lowest BCUT2D eigenvalue weighted by atomic mass is 10.2. The van der Waals surface area contributed by atoms with Crippen molar-refractivity contribution < 1.29 is 13.2 Å². The van der Waals surface area contributed by atoms with E-state index >= 15 is 0 Å². The zero-order valence-electron chi connectivity index (χ0n) is 9.78. The molecule has 0 aromatic carbocycles. The number of rotatable bonds is 2. The minimum atomic E-state index is -4.25. The molecule has 3 nitrogen and oxygen atoms in total. The summed E-state index contributed by atoms with van der Waals surface area (Å²) in [7, 11) is 0. The maximum absolute atomic E-state index is 12.4. The van der Waals surface area contributed by atoms with Crippen molar-refractivity contribution in [2.75, 3.05) is 0 Å². The molecule has 0 radical (unpaired) electrons. The fourth-order valence-electron chi connectivity index (χ4n) is 2.22. The van der Waals surface area contributed by atoms with E-state index < -0.39 is 12.7 Å². The first-order valence-electron chi connectivity index (χ1n) is 5.82. The SMILES string of the molecule is C[C@H]1C[C@@H]1c1cc2c(cn1)cnn2CC(F)(F)F. The van der Waals surface area contributed by atoms with Crippen molar-refractivity contribution in [3.63, 3.8) is 0 Å². The van der Waals surface area contributed by atoms with Gasteiger partial charge in [-0.1, -0.05) is 6.92 Å². The highest BCUT2D eigenvalue weighted by Crippen LogP contribution is 2.46. The van der Waals surface area contributed by atoms with Crippen molar-refractivity contribution in [2.24, 2.45) is 5.92 Å². The number of hydrogen-bond acceptors (Lipinski definition) is 2. The van der Waals surface area contributed by atoms with Crippen LogP contribution in [-0.4, -0.2) is 20.9 Å². The molecule has 18 heavy (non-hydrogen) atoms. The fraction of sp³-hybridized carbons (Fsp3) is 0.500. The minimum absolute atomic E-state index is 0.392. The summed E-state index contributed by atoms with van der Waals surface area (Å²) in [6.07, 6.45) is -0.162. The summed E-state index contributed by atoms with van der Waals surface area (Å²) in [5.74, 6) is 0.970. The molecule has 2 aromatic rings. The molecular formula is C12H12F3N3. The van der Waals surface area contributed by atoms with Crippen LogP contribution in [-0.2, 0) is 6.54 Å². The van der Waals surface area contributed by atoms with Crippen LogP contribution in [0.1, 0.15) is 25.0 Å². The van der Waals surface area contributed by atoms with Crippen LogP contribution in [0.15, 0.2) is 18.5 Å². The second kappa shape index (κ2) is 3.70. The van der Waals surface area contributed by atoms with Crippen LogP contribution >= 0.6 is 0 Å². The van der Waals surface area contributed by atoms with Gasteiger partial charge in [0.2, 0.25) is 0 Å². The predicted octanol–water partition coefficient (Wildman–Crippen LogP) is 3.12. The molecule has 0 unspecified atom stereocenters. The largest absolute Gasteiger partial charge is 0.408 e. The van der Waals surface area contributed by atoms with Crippen LogP contribution in [0.2, 0.25) is 0 Å². The van der Waals surface area contributed by atoms with Crippen LogP contribution in [0.3, 0.4) is 0 Å². The van der Waals surface area contributed by atoms with Gasteiger partial charge in [0.05, 0.1) is 11.7 Å². The molecule has 0 amide bonds. The summed E-state index contributed by atoms with van der Waals surface area (Å²) in [6.45, 7) is 1.06. The predicted molar refractivity (Wildman–Crippen MR) is 60.1 cm³/mol. The van der Waals surface area contributed by atoms with E-state index in [0.717, 1.165) is 16.8 Å². The molecule has 6 heteroatoms. The third-order valence-electron chi connectivity index (χ3n) is 3.37. The van der Waals surface area contributed by atoms with Crippen molar-refractivity contribution in [3.05, 3.63) is 24.2 Å². The highest BCUT2D eigenvalue weighted by Gasteiger charge is 2.35. The van der Waals surface area contributed by atoms with Gasteiger partial charge in [0.1, 0.15) is 6.54 Å². The van der Waals surface area contributed by atoms with Crippen LogP contribution < -0.4 is 0 Å². The third-order valence-corrected chi connectivity index (χ3v) is 3.37. The first-order chi connectivity index (χ1) is 8.44. The van der Waals surface area contributed by atoms with Gasteiger partial charge in [-0.2, -0.15) is 18.3 Å². The Morgan fingerprint density at radius 1 is 1.39 bits per heavy atom. The van der Waals surface area contributed by atoms with Crippen LogP contribution in [0.5, 0.6) is 0 Å². The number of halogens is 3. The van der Waals surface area contributed by atoms with Gasteiger partial charge in [-0.25, -0.2) is 0 Å². The van der Waals surface area contributed by atoms with Gasteiger partial charge < -0.3 is 0 Å². The van der Waals surface area contributed by atoms with Gasteiger partial charge in [0.25, 0.3) is 0 Å². The molecule has 0 spiro atoms. The molecule has 2 atom stereocenters. The molecule has 3 rings (SSSR count). The Hall–Kier alpha value is -1.59. The number of alkyl halides is 3. The van der Waals surface area contributed by atoms with Crippen LogP contribution in [0, 0.1) is 5.92 Å². The highest BCUT2D eigenvalue weighted by atomic mass is 19.4. The molecular weight excluding hydrogens is 243 g/mol. The zero-order chi connectivity index (χ0) is 12.9. The molecule has 0 saturated heterocycles. The zero-order valence-corrected chi connectivity index (χ0v) is 9.78. The Balaban J connectivity index is 2.00. The molecule has 1 fully saturated rings. The van der Waals surface area contributed by atoms with E-state index in [-0.39, 0.29) is 0 Å². The lowest BCUT2D eigenvalue weighted by molar-refractivity contribution is -0.141. The second-order valence-electron chi connectivity index (χ2n) is 4.90. The molecule has 1 saturated carbocycles. The van der Waals surface area contributed by atoms with Crippen molar-refractivity contribution in [2.45, 2.75) is 32.0 Å². The van der Waals surface area contributed by atoms with Crippen LogP contribution in [0.25, 0.3) is 10.9 Å². The number of nitrogens with zero attached hydrogens (tertiary/aromatic N) is 3. The van der Waals surface area contributed by atoms with Gasteiger partial charge in [-0.15, -0.1) is 0 Å². The van der Waals surface area contributed by atoms with E-state index in [0.29, 0.717) is 22.7 Å². The topological polar surface area (TPSA) is 30.7 Å². The Labute approximate surface area is 102 Å². The fourth-order valence-corrected chi connectivity index (χ4v) is 2.22. The summed E-state index contributed by atoms with van der Waals surface area (Å²) < 4.78 is 38.2. The Kier molecular flexibility index (Phi) is 2.36. The summed E-state index contributed by atoms with van der Waals surface area (Å²) in [6, 6.07) is 1.74. The monoisotopic (exact) mass is 255 g/mol. The van der Waals surface area contributed by atoms with E-state index in [2.05, 4.69) is 17.0 Å². The summed E-state index contributed by atoms with van der Waals surface area (Å²) in [5.41, 5.74) is 1.38.